The minimum atomic E-state index is -0.177. The van der Waals surface area contributed by atoms with E-state index in [1.807, 2.05) is 13.8 Å². The van der Waals surface area contributed by atoms with Gasteiger partial charge in [-0.3, -0.25) is 4.79 Å². The lowest BCUT2D eigenvalue weighted by Gasteiger charge is -2.19. The number of hydrogen-bond acceptors (Lipinski definition) is 4. The summed E-state index contributed by atoms with van der Waals surface area (Å²) < 4.78 is 10.3. The molecule has 4 heteroatoms. The molecule has 0 bridgehead atoms. The van der Waals surface area contributed by atoms with E-state index < -0.39 is 0 Å². The molecule has 96 valence electrons. The van der Waals surface area contributed by atoms with Gasteiger partial charge >= 0.3 is 5.97 Å². The SMILES string of the molecule is CC(C)OCCOC(=O)CCNC(C)(C)C. The zero-order chi connectivity index (χ0) is 12.6. The first-order chi connectivity index (χ1) is 7.31. The summed E-state index contributed by atoms with van der Waals surface area (Å²) in [6.07, 6.45) is 0.583. The molecule has 0 aromatic carbocycles. The smallest absolute Gasteiger partial charge is 0.307 e. The first-order valence-corrected chi connectivity index (χ1v) is 5.83. The zero-order valence-electron chi connectivity index (χ0n) is 11.1. The van der Waals surface area contributed by atoms with Crippen molar-refractivity contribution in [1.29, 1.82) is 0 Å². The van der Waals surface area contributed by atoms with Crippen LogP contribution in [0.15, 0.2) is 0 Å². The summed E-state index contributed by atoms with van der Waals surface area (Å²) in [5.41, 5.74) is 0.0427. The zero-order valence-corrected chi connectivity index (χ0v) is 11.1. The highest BCUT2D eigenvalue weighted by atomic mass is 16.6. The molecular formula is C12H25NO3. The van der Waals surface area contributed by atoms with Crippen molar-refractivity contribution in [3.05, 3.63) is 0 Å². The molecule has 0 heterocycles. The van der Waals surface area contributed by atoms with Gasteiger partial charge in [0.25, 0.3) is 0 Å². The molecule has 0 aliphatic carbocycles. The van der Waals surface area contributed by atoms with Crippen LogP contribution in [-0.4, -0.2) is 37.4 Å². The monoisotopic (exact) mass is 231 g/mol. The van der Waals surface area contributed by atoms with E-state index >= 15 is 0 Å². The lowest BCUT2D eigenvalue weighted by Crippen LogP contribution is -2.37. The summed E-state index contributed by atoms with van der Waals surface area (Å²) in [4.78, 5) is 11.3. The van der Waals surface area contributed by atoms with Crippen molar-refractivity contribution in [2.75, 3.05) is 19.8 Å². The van der Waals surface area contributed by atoms with Gasteiger partial charge in [-0.2, -0.15) is 0 Å². The fraction of sp³-hybridized carbons (Fsp3) is 0.917. The molecule has 0 atom stereocenters. The van der Waals surface area contributed by atoms with Gasteiger partial charge in [0.05, 0.1) is 19.1 Å². The van der Waals surface area contributed by atoms with E-state index in [4.69, 9.17) is 9.47 Å². The van der Waals surface area contributed by atoms with Crippen molar-refractivity contribution in [3.63, 3.8) is 0 Å². The molecule has 4 nitrogen and oxygen atoms in total. The Morgan fingerprint density at radius 1 is 1.25 bits per heavy atom. The number of ether oxygens (including phenoxy) is 2. The van der Waals surface area contributed by atoms with Crippen LogP contribution >= 0.6 is 0 Å². The number of rotatable bonds is 7. The highest BCUT2D eigenvalue weighted by Gasteiger charge is 2.09. The van der Waals surface area contributed by atoms with Crippen molar-refractivity contribution in [2.24, 2.45) is 0 Å². The van der Waals surface area contributed by atoms with Crippen molar-refractivity contribution < 1.29 is 14.3 Å². The van der Waals surface area contributed by atoms with Gasteiger partial charge < -0.3 is 14.8 Å². The molecule has 16 heavy (non-hydrogen) atoms. The maximum atomic E-state index is 11.3. The number of carbonyl (C=O) groups excluding carboxylic acids is 1. The predicted octanol–water partition coefficient (Wildman–Crippen LogP) is 1.73. The number of carbonyl (C=O) groups is 1. The van der Waals surface area contributed by atoms with Crippen molar-refractivity contribution in [3.8, 4) is 0 Å². The second-order valence-electron chi connectivity index (χ2n) is 5.07. The van der Waals surface area contributed by atoms with Gasteiger partial charge in [0.2, 0.25) is 0 Å². The summed E-state index contributed by atoms with van der Waals surface area (Å²) in [6.45, 7) is 11.6. The topological polar surface area (TPSA) is 47.6 Å². The maximum absolute atomic E-state index is 11.3. The van der Waals surface area contributed by atoms with Gasteiger partial charge in [-0.05, 0) is 34.6 Å². The third-order valence-corrected chi connectivity index (χ3v) is 1.78. The highest BCUT2D eigenvalue weighted by Crippen LogP contribution is 1.98. The average Bonchev–Trinajstić information content (AvgIpc) is 2.10. The number of esters is 1. The standard InChI is InChI=1S/C12H25NO3/c1-10(2)15-8-9-16-11(14)6-7-13-12(3,4)5/h10,13H,6-9H2,1-5H3. The fourth-order valence-electron chi connectivity index (χ4n) is 1.05. The van der Waals surface area contributed by atoms with E-state index in [1.165, 1.54) is 0 Å². The number of hydrogen-bond donors (Lipinski definition) is 1. The van der Waals surface area contributed by atoms with Crippen LogP contribution in [0.5, 0.6) is 0 Å². The van der Waals surface area contributed by atoms with Crippen LogP contribution < -0.4 is 5.32 Å². The Labute approximate surface area is 98.7 Å². The summed E-state index contributed by atoms with van der Waals surface area (Å²) in [6, 6.07) is 0. The Kier molecular flexibility index (Phi) is 7.34. The van der Waals surface area contributed by atoms with E-state index in [9.17, 15) is 4.79 Å². The van der Waals surface area contributed by atoms with Crippen LogP contribution in [0.2, 0.25) is 0 Å². The Morgan fingerprint density at radius 3 is 2.38 bits per heavy atom. The average molecular weight is 231 g/mol. The minimum absolute atomic E-state index is 0.0427. The molecule has 1 N–H and O–H groups in total. The first kappa shape index (κ1) is 15.4. The van der Waals surface area contributed by atoms with E-state index in [-0.39, 0.29) is 17.6 Å². The summed E-state index contributed by atoms with van der Waals surface area (Å²) in [7, 11) is 0. The Morgan fingerprint density at radius 2 is 1.88 bits per heavy atom. The summed E-state index contributed by atoms with van der Waals surface area (Å²) >= 11 is 0. The molecule has 0 aromatic rings. The second-order valence-corrected chi connectivity index (χ2v) is 5.07. The van der Waals surface area contributed by atoms with Crippen LogP contribution in [0, 0.1) is 0 Å². The van der Waals surface area contributed by atoms with Gasteiger partial charge in [0.1, 0.15) is 6.61 Å². The van der Waals surface area contributed by atoms with Crippen LogP contribution in [-0.2, 0) is 14.3 Å². The largest absolute Gasteiger partial charge is 0.463 e. The van der Waals surface area contributed by atoms with E-state index in [1.54, 1.807) is 0 Å². The summed E-state index contributed by atoms with van der Waals surface area (Å²) in [5, 5.41) is 3.23. The Bertz CT molecular complexity index is 197. The Balaban J connectivity index is 3.39. The molecular weight excluding hydrogens is 206 g/mol. The van der Waals surface area contributed by atoms with Crippen LogP contribution in [0.4, 0.5) is 0 Å². The van der Waals surface area contributed by atoms with Gasteiger partial charge in [0.15, 0.2) is 0 Å². The highest BCUT2D eigenvalue weighted by molar-refractivity contribution is 5.69. The van der Waals surface area contributed by atoms with E-state index in [0.29, 0.717) is 26.2 Å². The molecule has 0 saturated heterocycles. The third-order valence-electron chi connectivity index (χ3n) is 1.78. The van der Waals surface area contributed by atoms with Crippen LogP contribution in [0.25, 0.3) is 0 Å². The van der Waals surface area contributed by atoms with Crippen molar-refractivity contribution in [2.45, 2.75) is 52.7 Å². The molecule has 0 saturated carbocycles. The third kappa shape index (κ3) is 11.5. The van der Waals surface area contributed by atoms with Crippen molar-refractivity contribution in [1.82, 2.24) is 5.32 Å². The molecule has 0 aliphatic heterocycles. The molecule has 0 aromatic heterocycles. The molecule has 0 unspecified atom stereocenters. The fourth-order valence-corrected chi connectivity index (χ4v) is 1.05. The molecule has 0 rings (SSSR count). The van der Waals surface area contributed by atoms with Gasteiger partial charge in [-0.25, -0.2) is 0 Å². The Hall–Kier alpha value is -0.610. The van der Waals surface area contributed by atoms with Gasteiger partial charge in [-0.15, -0.1) is 0 Å². The minimum Gasteiger partial charge on any atom is -0.463 e. The molecule has 0 spiro atoms. The number of nitrogens with one attached hydrogen (secondary N) is 1. The molecule has 0 amide bonds. The van der Waals surface area contributed by atoms with Crippen LogP contribution in [0.1, 0.15) is 41.0 Å². The van der Waals surface area contributed by atoms with Crippen LogP contribution in [0.3, 0.4) is 0 Å². The van der Waals surface area contributed by atoms with Gasteiger partial charge in [0, 0.05) is 12.1 Å². The summed E-state index contributed by atoms with van der Waals surface area (Å²) in [5.74, 6) is -0.177. The first-order valence-electron chi connectivity index (χ1n) is 5.83. The quantitative estimate of drug-likeness (QED) is 0.535. The predicted molar refractivity (Wildman–Crippen MR) is 64.4 cm³/mol. The second kappa shape index (κ2) is 7.63. The van der Waals surface area contributed by atoms with E-state index in [0.717, 1.165) is 0 Å². The van der Waals surface area contributed by atoms with Gasteiger partial charge in [-0.1, -0.05) is 0 Å². The maximum Gasteiger partial charge on any atom is 0.307 e. The normalized spacial score (nSPS) is 11.9. The molecule has 0 fully saturated rings. The molecule has 0 aliphatic rings. The molecule has 0 radical (unpaired) electrons. The van der Waals surface area contributed by atoms with Crippen molar-refractivity contribution >= 4 is 5.97 Å². The lowest BCUT2D eigenvalue weighted by molar-refractivity contribution is -0.145. The van der Waals surface area contributed by atoms with E-state index in [2.05, 4.69) is 26.1 Å². The lowest BCUT2D eigenvalue weighted by atomic mass is 10.1.